The van der Waals surface area contributed by atoms with E-state index in [1.807, 2.05) is 11.8 Å². The number of rotatable bonds is 4. The molecule has 0 aromatic carbocycles. The second-order valence-electron chi connectivity index (χ2n) is 8.36. The van der Waals surface area contributed by atoms with Crippen molar-refractivity contribution in [3.05, 3.63) is 0 Å². The number of carbonyl (C=O) groups is 2. The van der Waals surface area contributed by atoms with E-state index in [1.165, 1.54) is 25.7 Å². The molecule has 1 N–H and O–H groups in total. The monoisotopic (exact) mass is 364 g/mol. The first-order chi connectivity index (χ1) is 12.6. The summed E-state index contributed by atoms with van der Waals surface area (Å²) >= 11 is 0. The lowest BCUT2D eigenvalue weighted by atomic mass is 9.92. The Bertz CT molecular complexity index is 476. The smallest absolute Gasteiger partial charge is 0.317 e. The van der Waals surface area contributed by atoms with Crippen LogP contribution in [0.3, 0.4) is 0 Å². The van der Waals surface area contributed by atoms with Crippen molar-refractivity contribution < 1.29 is 9.59 Å². The minimum atomic E-state index is 0.0286. The van der Waals surface area contributed by atoms with E-state index >= 15 is 0 Å². The number of hydrogen-bond donors (Lipinski definition) is 1. The highest BCUT2D eigenvalue weighted by Crippen LogP contribution is 2.32. The molecular formula is C20H36N4O2. The molecule has 0 bridgehead atoms. The summed E-state index contributed by atoms with van der Waals surface area (Å²) in [4.78, 5) is 31.9. The van der Waals surface area contributed by atoms with E-state index < -0.39 is 0 Å². The van der Waals surface area contributed by atoms with Crippen LogP contribution in [0.4, 0.5) is 4.79 Å². The highest BCUT2D eigenvalue weighted by molar-refractivity contribution is 5.82. The van der Waals surface area contributed by atoms with Crippen LogP contribution in [0.5, 0.6) is 0 Å². The molecule has 26 heavy (non-hydrogen) atoms. The van der Waals surface area contributed by atoms with Crippen molar-refractivity contribution in [3.8, 4) is 0 Å². The van der Waals surface area contributed by atoms with E-state index in [0.29, 0.717) is 18.4 Å². The molecular weight excluding hydrogens is 328 g/mol. The van der Waals surface area contributed by atoms with Crippen molar-refractivity contribution in [2.24, 2.45) is 11.8 Å². The summed E-state index contributed by atoms with van der Waals surface area (Å²) in [6, 6.07) is 0.0585. The van der Waals surface area contributed by atoms with E-state index in [9.17, 15) is 9.59 Å². The maximum atomic E-state index is 13.4. The zero-order valence-corrected chi connectivity index (χ0v) is 16.6. The van der Waals surface area contributed by atoms with Crippen LogP contribution in [0.2, 0.25) is 0 Å². The summed E-state index contributed by atoms with van der Waals surface area (Å²) in [5, 5.41) is 2.89. The predicted molar refractivity (Wildman–Crippen MR) is 103 cm³/mol. The molecule has 2 heterocycles. The number of nitrogens with zero attached hydrogens (tertiary/aromatic N) is 3. The van der Waals surface area contributed by atoms with Crippen molar-refractivity contribution in [1.82, 2.24) is 20.0 Å². The third-order valence-electron chi connectivity index (χ3n) is 6.52. The Kier molecular flexibility index (Phi) is 6.79. The summed E-state index contributed by atoms with van der Waals surface area (Å²) in [7, 11) is 0. The molecule has 1 aliphatic carbocycles. The maximum absolute atomic E-state index is 13.4. The van der Waals surface area contributed by atoms with Crippen molar-refractivity contribution in [2.75, 3.05) is 45.8 Å². The summed E-state index contributed by atoms with van der Waals surface area (Å²) in [6.07, 6.45) is 7.13. The standard InChI is InChI=1S/C20H36N4O2/c1-3-21-20(26)24-14-12-22(13-15-24)18(17-6-4-5-7-17)19(25)23-10-8-16(2)9-11-23/h16-18H,3-15H2,1-2H3,(H,21,26). The molecule has 3 aliphatic rings. The fourth-order valence-corrected chi connectivity index (χ4v) is 4.81. The van der Waals surface area contributed by atoms with Gasteiger partial charge in [0.2, 0.25) is 5.91 Å². The van der Waals surface area contributed by atoms with Gasteiger partial charge in [-0.25, -0.2) is 4.79 Å². The van der Waals surface area contributed by atoms with Crippen LogP contribution in [0, 0.1) is 11.8 Å². The van der Waals surface area contributed by atoms with Crippen LogP contribution in [0.15, 0.2) is 0 Å². The highest BCUT2D eigenvalue weighted by Gasteiger charge is 2.39. The van der Waals surface area contributed by atoms with Gasteiger partial charge in [0.05, 0.1) is 6.04 Å². The molecule has 1 unspecified atom stereocenters. The van der Waals surface area contributed by atoms with Crippen molar-refractivity contribution in [1.29, 1.82) is 0 Å². The fraction of sp³-hybridized carbons (Fsp3) is 0.900. The number of urea groups is 1. The molecule has 3 rings (SSSR count). The summed E-state index contributed by atoms with van der Waals surface area (Å²) in [5.74, 6) is 1.60. The molecule has 0 spiro atoms. The van der Waals surface area contributed by atoms with Gasteiger partial charge in [0.15, 0.2) is 0 Å². The Hall–Kier alpha value is -1.30. The molecule has 1 saturated carbocycles. The SMILES string of the molecule is CCNC(=O)N1CCN(C(C(=O)N2CCC(C)CC2)C2CCCC2)CC1. The van der Waals surface area contributed by atoms with E-state index in [2.05, 4.69) is 22.0 Å². The van der Waals surface area contributed by atoms with E-state index in [-0.39, 0.29) is 12.1 Å². The van der Waals surface area contributed by atoms with Gasteiger partial charge in [0.1, 0.15) is 0 Å². The van der Waals surface area contributed by atoms with Gasteiger partial charge in [0.25, 0.3) is 0 Å². The first-order valence-corrected chi connectivity index (χ1v) is 10.7. The molecule has 0 aromatic rings. The molecule has 6 heteroatoms. The quantitative estimate of drug-likeness (QED) is 0.832. The Morgan fingerprint density at radius 3 is 2.12 bits per heavy atom. The summed E-state index contributed by atoms with van der Waals surface area (Å²) in [6.45, 7) is 9.81. The Labute approximate surface area is 158 Å². The van der Waals surface area contributed by atoms with E-state index in [1.54, 1.807) is 0 Å². The molecule has 3 amide bonds. The van der Waals surface area contributed by atoms with Gasteiger partial charge in [-0.2, -0.15) is 0 Å². The number of piperidine rings is 1. The largest absolute Gasteiger partial charge is 0.341 e. The van der Waals surface area contributed by atoms with Crippen LogP contribution < -0.4 is 5.32 Å². The number of hydrogen-bond acceptors (Lipinski definition) is 3. The maximum Gasteiger partial charge on any atom is 0.317 e. The molecule has 0 aromatic heterocycles. The van der Waals surface area contributed by atoms with E-state index in [4.69, 9.17) is 0 Å². The minimum absolute atomic E-state index is 0.0286. The van der Waals surface area contributed by atoms with Gasteiger partial charge in [-0.1, -0.05) is 19.8 Å². The zero-order chi connectivity index (χ0) is 18.5. The number of nitrogens with one attached hydrogen (secondary N) is 1. The minimum Gasteiger partial charge on any atom is -0.341 e. The molecule has 148 valence electrons. The zero-order valence-electron chi connectivity index (χ0n) is 16.6. The van der Waals surface area contributed by atoms with Crippen LogP contribution >= 0.6 is 0 Å². The molecule has 0 radical (unpaired) electrons. The number of amides is 3. The van der Waals surface area contributed by atoms with Crippen LogP contribution in [0.1, 0.15) is 52.4 Å². The molecule has 2 saturated heterocycles. The van der Waals surface area contributed by atoms with Crippen LogP contribution in [-0.4, -0.2) is 78.5 Å². The van der Waals surface area contributed by atoms with Gasteiger partial charge in [-0.05, 0) is 44.4 Å². The van der Waals surface area contributed by atoms with Gasteiger partial charge in [-0.15, -0.1) is 0 Å². The number of likely N-dealkylation sites (tertiary alicyclic amines) is 1. The lowest BCUT2D eigenvalue weighted by molar-refractivity contribution is -0.141. The predicted octanol–water partition coefficient (Wildman–Crippen LogP) is 2.15. The highest BCUT2D eigenvalue weighted by atomic mass is 16.2. The molecule has 2 aliphatic heterocycles. The Balaban J connectivity index is 1.63. The van der Waals surface area contributed by atoms with Gasteiger partial charge < -0.3 is 15.1 Å². The average Bonchev–Trinajstić information content (AvgIpc) is 3.17. The van der Waals surface area contributed by atoms with Crippen LogP contribution in [-0.2, 0) is 4.79 Å². The van der Waals surface area contributed by atoms with Crippen molar-refractivity contribution in [3.63, 3.8) is 0 Å². The topological polar surface area (TPSA) is 55.9 Å². The lowest BCUT2D eigenvalue weighted by Gasteiger charge is -2.43. The third-order valence-corrected chi connectivity index (χ3v) is 6.52. The Morgan fingerprint density at radius 2 is 1.54 bits per heavy atom. The van der Waals surface area contributed by atoms with Crippen LogP contribution in [0.25, 0.3) is 0 Å². The van der Waals surface area contributed by atoms with Gasteiger partial charge >= 0.3 is 6.03 Å². The number of piperazine rings is 1. The molecule has 1 atom stereocenters. The number of carbonyl (C=O) groups excluding carboxylic acids is 2. The lowest BCUT2D eigenvalue weighted by Crippen LogP contribution is -2.60. The summed E-state index contributed by atoms with van der Waals surface area (Å²) < 4.78 is 0. The van der Waals surface area contributed by atoms with Crippen molar-refractivity contribution >= 4 is 11.9 Å². The second kappa shape index (κ2) is 9.07. The summed E-state index contributed by atoms with van der Waals surface area (Å²) in [5.41, 5.74) is 0. The first kappa shape index (κ1) is 19.5. The Morgan fingerprint density at radius 1 is 0.923 bits per heavy atom. The second-order valence-corrected chi connectivity index (χ2v) is 8.36. The molecule has 3 fully saturated rings. The molecule has 6 nitrogen and oxygen atoms in total. The average molecular weight is 365 g/mol. The first-order valence-electron chi connectivity index (χ1n) is 10.7. The van der Waals surface area contributed by atoms with Gasteiger partial charge in [0, 0.05) is 45.8 Å². The normalized spacial score (nSPS) is 24.7. The fourth-order valence-electron chi connectivity index (χ4n) is 4.81. The van der Waals surface area contributed by atoms with E-state index in [0.717, 1.165) is 58.0 Å². The van der Waals surface area contributed by atoms with Crippen molar-refractivity contribution in [2.45, 2.75) is 58.4 Å². The third kappa shape index (κ3) is 4.51. The van der Waals surface area contributed by atoms with Gasteiger partial charge in [-0.3, -0.25) is 9.69 Å².